The Morgan fingerprint density at radius 1 is 1.08 bits per heavy atom. The highest BCUT2D eigenvalue weighted by atomic mass is 16.2. The summed E-state index contributed by atoms with van der Waals surface area (Å²) in [5.74, 6) is -0.234. The largest absolute Gasteiger partial charge is 0.372 e. The number of nitrogens with zero attached hydrogens (tertiary/aromatic N) is 2. The molecule has 3 rings (SSSR count). The molecule has 130 valence electrons. The maximum Gasteiger partial charge on any atom is 0.326 e. The lowest BCUT2D eigenvalue weighted by Gasteiger charge is -2.21. The zero-order valence-electron chi connectivity index (χ0n) is 14.5. The van der Waals surface area contributed by atoms with Gasteiger partial charge < -0.3 is 15.2 Å². The van der Waals surface area contributed by atoms with E-state index in [-0.39, 0.29) is 18.1 Å². The molecule has 2 aromatic carbocycles. The standard InChI is InChI=1S/C19H22N4O2/c1-3-22(4-2)15-11-9-14(10-12-15)20-18(24)13-23-17-8-6-5-7-16(17)21-19(23)25/h5-12H,3-4,13H2,1-2H3,(H,20,24)(H,21,25). The highest BCUT2D eigenvalue weighted by Gasteiger charge is 2.11. The fourth-order valence-electron chi connectivity index (χ4n) is 2.95. The summed E-state index contributed by atoms with van der Waals surface area (Å²) in [5, 5.41) is 2.84. The molecule has 1 amide bonds. The minimum Gasteiger partial charge on any atom is -0.372 e. The molecule has 1 aromatic heterocycles. The smallest absolute Gasteiger partial charge is 0.326 e. The van der Waals surface area contributed by atoms with Crippen LogP contribution in [0.1, 0.15) is 13.8 Å². The van der Waals surface area contributed by atoms with E-state index in [1.54, 1.807) is 0 Å². The number of imidazole rings is 1. The number of nitrogens with one attached hydrogen (secondary N) is 2. The third-order valence-corrected chi connectivity index (χ3v) is 4.26. The summed E-state index contributed by atoms with van der Waals surface area (Å²) >= 11 is 0. The van der Waals surface area contributed by atoms with Crippen molar-refractivity contribution in [1.82, 2.24) is 9.55 Å². The number of anilines is 2. The summed E-state index contributed by atoms with van der Waals surface area (Å²) in [6.45, 7) is 6.06. The fraction of sp³-hybridized carbons (Fsp3) is 0.263. The molecule has 0 saturated heterocycles. The van der Waals surface area contributed by atoms with Crippen LogP contribution >= 0.6 is 0 Å². The predicted octanol–water partition coefficient (Wildman–Crippen LogP) is 2.81. The number of carbonyl (C=O) groups is 1. The van der Waals surface area contributed by atoms with Gasteiger partial charge in [0.25, 0.3) is 0 Å². The van der Waals surface area contributed by atoms with E-state index in [0.29, 0.717) is 5.69 Å². The van der Waals surface area contributed by atoms with E-state index in [4.69, 9.17) is 0 Å². The molecule has 2 N–H and O–H groups in total. The Hall–Kier alpha value is -3.02. The predicted molar refractivity (Wildman–Crippen MR) is 101 cm³/mol. The molecular weight excluding hydrogens is 316 g/mol. The van der Waals surface area contributed by atoms with Gasteiger partial charge in [-0.1, -0.05) is 12.1 Å². The third kappa shape index (κ3) is 3.57. The van der Waals surface area contributed by atoms with Crippen molar-refractivity contribution in [2.75, 3.05) is 23.3 Å². The van der Waals surface area contributed by atoms with Crippen LogP contribution < -0.4 is 15.9 Å². The molecule has 6 heteroatoms. The average molecular weight is 338 g/mol. The summed E-state index contributed by atoms with van der Waals surface area (Å²) in [6.07, 6.45) is 0. The van der Waals surface area contributed by atoms with Gasteiger partial charge in [-0.15, -0.1) is 0 Å². The monoisotopic (exact) mass is 338 g/mol. The Bertz CT molecular complexity index is 920. The summed E-state index contributed by atoms with van der Waals surface area (Å²) in [7, 11) is 0. The van der Waals surface area contributed by atoms with Crippen molar-refractivity contribution in [3.05, 3.63) is 59.0 Å². The topological polar surface area (TPSA) is 70.1 Å². The van der Waals surface area contributed by atoms with E-state index in [0.717, 1.165) is 29.8 Å². The van der Waals surface area contributed by atoms with Crippen molar-refractivity contribution in [2.45, 2.75) is 20.4 Å². The SMILES string of the molecule is CCN(CC)c1ccc(NC(=O)Cn2c(=O)[nH]c3ccccc32)cc1. The molecule has 6 nitrogen and oxygen atoms in total. The maximum atomic E-state index is 12.3. The number of aromatic amines is 1. The van der Waals surface area contributed by atoms with Gasteiger partial charge >= 0.3 is 5.69 Å². The molecule has 0 spiro atoms. The highest BCUT2D eigenvalue weighted by Crippen LogP contribution is 2.18. The van der Waals surface area contributed by atoms with E-state index < -0.39 is 0 Å². The molecule has 0 unspecified atom stereocenters. The van der Waals surface area contributed by atoms with Crippen LogP contribution in [-0.4, -0.2) is 28.5 Å². The quantitative estimate of drug-likeness (QED) is 0.726. The molecule has 0 saturated carbocycles. The van der Waals surface area contributed by atoms with E-state index in [9.17, 15) is 9.59 Å². The second kappa shape index (κ2) is 7.25. The van der Waals surface area contributed by atoms with Crippen molar-refractivity contribution in [1.29, 1.82) is 0 Å². The van der Waals surface area contributed by atoms with Crippen LogP contribution in [-0.2, 0) is 11.3 Å². The molecule has 0 aliphatic rings. The minimum atomic E-state index is -0.284. The van der Waals surface area contributed by atoms with Crippen molar-refractivity contribution >= 4 is 28.3 Å². The Labute approximate surface area is 146 Å². The molecule has 0 aliphatic carbocycles. The number of rotatable bonds is 6. The number of carbonyl (C=O) groups excluding carboxylic acids is 1. The molecule has 0 radical (unpaired) electrons. The van der Waals surface area contributed by atoms with E-state index in [1.807, 2.05) is 48.5 Å². The van der Waals surface area contributed by atoms with Gasteiger partial charge in [-0.25, -0.2) is 4.79 Å². The Morgan fingerprint density at radius 3 is 2.44 bits per heavy atom. The van der Waals surface area contributed by atoms with Gasteiger partial charge in [-0.3, -0.25) is 9.36 Å². The number of H-pyrrole nitrogens is 1. The average Bonchev–Trinajstić information content (AvgIpc) is 2.93. The number of hydrogen-bond acceptors (Lipinski definition) is 3. The molecule has 0 fully saturated rings. The maximum absolute atomic E-state index is 12.3. The fourth-order valence-corrected chi connectivity index (χ4v) is 2.95. The zero-order valence-corrected chi connectivity index (χ0v) is 14.5. The van der Waals surface area contributed by atoms with Crippen LogP contribution in [0.3, 0.4) is 0 Å². The number of amides is 1. The molecule has 25 heavy (non-hydrogen) atoms. The zero-order chi connectivity index (χ0) is 17.8. The van der Waals surface area contributed by atoms with Gasteiger partial charge in [0.15, 0.2) is 0 Å². The first kappa shape index (κ1) is 16.8. The van der Waals surface area contributed by atoms with Crippen LogP contribution in [0.15, 0.2) is 53.3 Å². The first-order chi connectivity index (χ1) is 12.1. The van der Waals surface area contributed by atoms with Crippen LogP contribution in [0.2, 0.25) is 0 Å². The van der Waals surface area contributed by atoms with Gasteiger partial charge in [0.1, 0.15) is 6.54 Å². The summed E-state index contributed by atoms with van der Waals surface area (Å²) in [4.78, 5) is 29.3. The van der Waals surface area contributed by atoms with Crippen molar-refractivity contribution in [3.8, 4) is 0 Å². The lowest BCUT2D eigenvalue weighted by molar-refractivity contribution is -0.116. The number of para-hydroxylation sites is 2. The van der Waals surface area contributed by atoms with E-state index in [2.05, 4.69) is 29.0 Å². The summed E-state index contributed by atoms with van der Waals surface area (Å²) in [6, 6.07) is 15.1. The minimum absolute atomic E-state index is 0.0271. The lowest BCUT2D eigenvalue weighted by Crippen LogP contribution is -2.26. The normalized spacial score (nSPS) is 10.8. The van der Waals surface area contributed by atoms with Crippen LogP contribution in [0.25, 0.3) is 11.0 Å². The van der Waals surface area contributed by atoms with Gasteiger partial charge in [0, 0.05) is 24.5 Å². The van der Waals surface area contributed by atoms with Gasteiger partial charge in [0.2, 0.25) is 5.91 Å². The number of benzene rings is 2. The van der Waals surface area contributed by atoms with Crippen LogP contribution in [0.4, 0.5) is 11.4 Å². The van der Waals surface area contributed by atoms with Crippen molar-refractivity contribution in [2.24, 2.45) is 0 Å². The van der Waals surface area contributed by atoms with Gasteiger partial charge in [-0.05, 0) is 50.2 Å². The molecule has 0 aliphatic heterocycles. The first-order valence-electron chi connectivity index (χ1n) is 8.44. The van der Waals surface area contributed by atoms with Gasteiger partial charge in [0.05, 0.1) is 11.0 Å². The second-order valence-electron chi connectivity index (χ2n) is 5.80. The van der Waals surface area contributed by atoms with Crippen molar-refractivity contribution < 1.29 is 4.79 Å². The van der Waals surface area contributed by atoms with E-state index in [1.165, 1.54) is 4.57 Å². The Kier molecular flexibility index (Phi) is 4.88. The first-order valence-corrected chi connectivity index (χ1v) is 8.44. The summed E-state index contributed by atoms with van der Waals surface area (Å²) < 4.78 is 1.44. The molecule has 3 aromatic rings. The Balaban J connectivity index is 1.72. The van der Waals surface area contributed by atoms with Crippen LogP contribution in [0.5, 0.6) is 0 Å². The number of fused-ring (bicyclic) bond motifs is 1. The Morgan fingerprint density at radius 2 is 1.76 bits per heavy atom. The second-order valence-corrected chi connectivity index (χ2v) is 5.80. The molecule has 0 bridgehead atoms. The molecular formula is C19H22N4O2. The van der Waals surface area contributed by atoms with E-state index >= 15 is 0 Å². The summed E-state index contributed by atoms with van der Waals surface area (Å²) in [5.41, 5.74) is 3.00. The van der Waals surface area contributed by atoms with Crippen LogP contribution in [0, 0.1) is 0 Å². The molecule has 0 atom stereocenters. The number of aromatic nitrogens is 2. The van der Waals surface area contributed by atoms with Gasteiger partial charge in [-0.2, -0.15) is 0 Å². The number of hydrogen-bond donors (Lipinski definition) is 2. The highest BCUT2D eigenvalue weighted by molar-refractivity contribution is 5.91. The van der Waals surface area contributed by atoms with Crippen molar-refractivity contribution in [3.63, 3.8) is 0 Å². The lowest BCUT2D eigenvalue weighted by atomic mass is 10.2. The molecule has 1 heterocycles. The third-order valence-electron chi connectivity index (χ3n) is 4.26.